The molecule has 0 aliphatic rings. The van der Waals surface area contributed by atoms with Gasteiger partial charge in [0.15, 0.2) is 0 Å². The summed E-state index contributed by atoms with van der Waals surface area (Å²) < 4.78 is 0. The lowest BCUT2D eigenvalue weighted by molar-refractivity contribution is 1.22. The molecule has 0 N–H and O–H groups in total. The molecule has 0 heteroatoms. The van der Waals surface area contributed by atoms with Crippen molar-refractivity contribution in [2.24, 2.45) is 0 Å². The van der Waals surface area contributed by atoms with Crippen LogP contribution in [0.2, 0.25) is 0 Å². The summed E-state index contributed by atoms with van der Waals surface area (Å²) in [6.07, 6.45) is 26.2. The number of hydrogen-bond acceptors (Lipinski definition) is 0. The smallest absolute Gasteiger partial charge is 0.0376 e. The van der Waals surface area contributed by atoms with Gasteiger partial charge in [-0.15, -0.1) is 0 Å². The normalized spacial score (nSPS) is 13.6. The second-order valence-corrected chi connectivity index (χ2v) is 2.95. The lowest BCUT2D eigenvalue weighted by Gasteiger charge is -1.75. The summed E-state index contributed by atoms with van der Waals surface area (Å²) in [6, 6.07) is 0. The number of rotatable bonds is 7. The molecule has 0 aromatic heterocycles. The molecule has 16 heavy (non-hydrogen) atoms. The van der Waals surface area contributed by atoms with Crippen molar-refractivity contribution in [1.29, 1.82) is 0 Å². The summed E-state index contributed by atoms with van der Waals surface area (Å²) in [4.78, 5) is 0. The molecule has 0 fully saturated rings. The van der Waals surface area contributed by atoms with Crippen LogP contribution in [-0.4, -0.2) is 0 Å². The Bertz CT molecular complexity index is 320. The van der Waals surface area contributed by atoms with E-state index in [1.807, 2.05) is 60.8 Å². The number of hydrogen-bond donors (Lipinski definition) is 0. The van der Waals surface area contributed by atoms with Crippen molar-refractivity contribution in [1.82, 2.24) is 0 Å². The third-order valence-electron chi connectivity index (χ3n) is 1.59. The first kappa shape index (κ1) is 14.2. The molecular formula is C16H19. The van der Waals surface area contributed by atoms with E-state index in [4.69, 9.17) is 6.58 Å². The van der Waals surface area contributed by atoms with E-state index in [0.717, 1.165) is 6.42 Å². The maximum Gasteiger partial charge on any atom is -0.0376 e. The molecule has 0 aliphatic carbocycles. The number of allylic oxidation sites excluding steroid dienone is 13. The van der Waals surface area contributed by atoms with Gasteiger partial charge in [-0.25, -0.2) is 0 Å². The van der Waals surface area contributed by atoms with Gasteiger partial charge in [-0.1, -0.05) is 92.5 Å². The molecule has 0 atom stereocenters. The van der Waals surface area contributed by atoms with Crippen LogP contribution < -0.4 is 0 Å². The van der Waals surface area contributed by atoms with Gasteiger partial charge in [0.05, 0.1) is 0 Å². The highest BCUT2D eigenvalue weighted by atomic mass is 13.7. The molecule has 0 bridgehead atoms. The van der Waals surface area contributed by atoms with Crippen LogP contribution in [-0.2, 0) is 0 Å². The largest absolute Gasteiger partial charge is 0.0848 e. The van der Waals surface area contributed by atoms with E-state index in [9.17, 15) is 0 Å². The molecule has 0 saturated carbocycles. The van der Waals surface area contributed by atoms with Gasteiger partial charge < -0.3 is 0 Å². The zero-order valence-electron chi connectivity index (χ0n) is 9.79. The minimum absolute atomic E-state index is 1.08. The summed E-state index contributed by atoms with van der Waals surface area (Å²) in [7, 11) is 0. The monoisotopic (exact) mass is 211 g/mol. The first-order chi connectivity index (χ1) is 7.91. The van der Waals surface area contributed by atoms with Crippen LogP contribution in [0.3, 0.4) is 0 Å². The van der Waals surface area contributed by atoms with Crippen molar-refractivity contribution >= 4 is 0 Å². The molecule has 0 saturated heterocycles. The van der Waals surface area contributed by atoms with Gasteiger partial charge in [-0.05, 0) is 6.42 Å². The van der Waals surface area contributed by atoms with Crippen LogP contribution in [0.25, 0.3) is 0 Å². The van der Waals surface area contributed by atoms with Crippen LogP contribution >= 0.6 is 0 Å². The van der Waals surface area contributed by atoms with Gasteiger partial charge >= 0.3 is 0 Å². The van der Waals surface area contributed by atoms with Gasteiger partial charge in [0.1, 0.15) is 0 Å². The van der Waals surface area contributed by atoms with Crippen molar-refractivity contribution in [3.63, 3.8) is 0 Å². The van der Waals surface area contributed by atoms with Crippen LogP contribution in [0.15, 0.2) is 79.0 Å². The van der Waals surface area contributed by atoms with E-state index in [1.165, 1.54) is 6.08 Å². The highest BCUT2D eigenvalue weighted by Crippen LogP contribution is 1.85. The van der Waals surface area contributed by atoms with Crippen molar-refractivity contribution in [2.75, 3.05) is 0 Å². The van der Waals surface area contributed by atoms with E-state index in [2.05, 4.69) is 13.0 Å². The molecule has 0 aromatic rings. The Kier molecular flexibility index (Phi) is 11.7. The standard InChI is InChI=1S/C16H19/c1-3-5-7-9-11-13-15-16-14-12-10-8-6-4-2/h1,3,5-16H,4H2,2H3. The molecular weight excluding hydrogens is 192 g/mol. The Morgan fingerprint density at radius 1 is 0.625 bits per heavy atom. The predicted octanol–water partition coefficient (Wildman–Crippen LogP) is 4.72. The Hall–Kier alpha value is -1.82. The van der Waals surface area contributed by atoms with E-state index < -0.39 is 0 Å². The fraction of sp³-hybridized carbons (Fsp3) is 0.125. The lowest BCUT2D eigenvalue weighted by Crippen LogP contribution is -1.53. The minimum atomic E-state index is 1.08. The van der Waals surface area contributed by atoms with Crippen molar-refractivity contribution in [2.45, 2.75) is 13.3 Å². The third-order valence-corrected chi connectivity index (χ3v) is 1.59. The van der Waals surface area contributed by atoms with Crippen LogP contribution in [0.5, 0.6) is 0 Å². The Labute approximate surface area is 99.4 Å². The summed E-state index contributed by atoms with van der Waals surface area (Å²) >= 11 is 0. The molecule has 0 amide bonds. The van der Waals surface area contributed by atoms with Gasteiger partial charge in [0, 0.05) is 0 Å². The predicted molar refractivity (Wildman–Crippen MR) is 74.0 cm³/mol. The van der Waals surface area contributed by atoms with Gasteiger partial charge in [0.25, 0.3) is 0 Å². The van der Waals surface area contributed by atoms with E-state index >= 15 is 0 Å². The van der Waals surface area contributed by atoms with E-state index in [-0.39, 0.29) is 0 Å². The summed E-state index contributed by atoms with van der Waals surface area (Å²) in [5.41, 5.74) is 0. The molecule has 83 valence electrons. The molecule has 0 unspecified atom stereocenters. The first-order valence-electron chi connectivity index (χ1n) is 5.45. The van der Waals surface area contributed by atoms with Crippen molar-refractivity contribution in [3.8, 4) is 0 Å². The second-order valence-electron chi connectivity index (χ2n) is 2.95. The Morgan fingerprint density at radius 2 is 1.00 bits per heavy atom. The SMILES string of the molecule is [CH]=CC=CC=CC=CC=CC=CC=CCC. The highest BCUT2D eigenvalue weighted by molar-refractivity contribution is 5.19. The Morgan fingerprint density at radius 3 is 1.38 bits per heavy atom. The highest BCUT2D eigenvalue weighted by Gasteiger charge is 1.64. The molecule has 0 heterocycles. The zero-order chi connectivity index (χ0) is 11.9. The van der Waals surface area contributed by atoms with E-state index in [1.54, 1.807) is 6.08 Å². The van der Waals surface area contributed by atoms with E-state index in [0.29, 0.717) is 0 Å². The van der Waals surface area contributed by atoms with Crippen LogP contribution in [0.1, 0.15) is 13.3 Å². The molecule has 0 nitrogen and oxygen atoms in total. The van der Waals surface area contributed by atoms with Crippen LogP contribution in [0.4, 0.5) is 0 Å². The zero-order valence-corrected chi connectivity index (χ0v) is 9.79. The van der Waals surface area contributed by atoms with Crippen molar-refractivity contribution < 1.29 is 0 Å². The lowest BCUT2D eigenvalue weighted by atomic mass is 10.3. The summed E-state index contributed by atoms with van der Waals surface area (Å²) in [5, 5.41) is 0. The summed E-state index contributed by atoms with van der Waals surface area (Å²) in [5.74, 6) is 0. The first-order valence-corrected chi connectivity index (χ1v) is 5.45. The van der Waals surface area contributed by atoms with Gasteiger partial charge in [-0.2, -0.15) is 0 Å². The molecule has 0 aliphatic heterocycles. The van der Waals surface area contributed by atoms with Crippen LogP contribution in [0, 0.1) is 6.58 Å². The fourth-order valence-electron chi connectivity index (χ4n) is 0.856. The maximum atomic E-state index is 5.17. The average Bonchev–Trinajstić information content (AvgIpc) is 2.31. The molecule has 1 radical (unpaired) electrons. The molecule has 0 aromatic carbocycles. The quantitative estimate of drug-likeness (QED) is 0.534. The molecule has 0 rings (SSSR count). The van der Waals surface area contributed by atoms with Crippen molar-refractivity contribution in [3.05, 3.63) is 85.6 Å². The molecule has 0 spiro atoms. The van der Waals surface area contributed by atoms with Gasteiger partial charge in [-0.3, -0.25) is 0 Å². The third kappa shape index (κ3) is 12.2. The second kappa shape index (κ2) is 13.2. The Balaban J connectivity index is 3.74. The topological polar surface area (TPSA) is 0 Å². The van der Waals surface area contributed by atoms with Gasteiger partial charge in [0.2, 0.25) is 0 Å². The minimum Gasteiger partial charge on any atom is -0.0848 e. The maximum absolute atomic E-state index is 5.17. The average molecular weight is 211 g/mol. The summed E-state index contributed by atoms with van der Waals surface area (Å²) in [6.45, 7) is 7.29. The fourth-order valence-corrected chi connectivity index (χ4v) is 0.856.